The van der Waals surface area contributed by atoms with Gasteiger partial charge in [0.15, 0.2) is 0 Å². The molecule has 21 heavy (non-hydrogen) atoms. The quantitative estimate of drug-likeness (QED) is 0.868. The molecule has 1 aromatic heterocycles. The molecule has 3 rings (SSSR count). The molecule has 6 nitrogen and oxygen atoms in total. The number of rotatable bonds is 4. The number of amides is 1. The lowest BCUT2D eigenvalue weighted by molar-refractivity contribution is -0.119. The molecule has 0 unspecified atom stereocenters. The molecule has 110 valence electrons. The van der Waals surface area contributed by atoms with Crippen LogP contribution in [0.4, 0.5) is 11.4 Å². The van der Waals surface area contributed by atoms with Crippen LogP contribution in [-0.2, 0) is 24.3 Å². The molecule has 2 heterocycles. The van der Waals surface area contributed by atoms with Crippen LogP contribution >= 0.6 is 0 Å². The first-order valence-electron chi connectivity index (χ1n) is 7.24. The molecule has 0 radical (unpaired) electrons. The molecule has 6 heteroatoms. The van der Waals surface area contributed by atoms with E-state index < -0.39 is 0 Å². The SMILES string of the molecule is CCCn1ncnc1CN1C(=O)CCc2cc(N)ccc21. The summed E-state index contributed by atoms with van der Waals surface area (Å²) in [5, 5.41) is 4.21. The van der Waals surface area contributed by atoms with Gasteiger partial charge in [-0.2, -0.15) is 5.10 Å². The summed E-state index contributed by atoms with van der Waals surface area (Å²) >= 11 is 0. The Kier molecular flexibility index (Phi) is 3.60. The molecular weight excluding hydrogens is 266 g/mol. The number of nitrogen functional groups attached to an aromatic ring is 1. The van der Waals surface area contributed by atoms with Gasteiger partial charge in [0.2, 0.25) is 5.91 Å². The van der Waals surface area contributed by atoms with Crippen molar-refractivity contribution in [3.8, 4) is 0 Å². The van der Waals surface area contributed by atoms with Crippen LogP contribution in [0.15, 0.2) is 24.5 Å². The van der Waals surface area contributed by atoms with Crippen molar-refractivity contribution >= 4 is 17.3 Å². The Morgan fingerprint density at radius 2 is 2.19 bits per heavy atom. The molecule has 0 saturated carbocycles. The molecule has 2 N–H and O–H groups in total. The highest BCUT2D eigenvalue weighted by molar-refractivity contribution is 5.96. The molecule has 0 bridgehead atoms. The fourth-order valence-electron chi connectivity index (χ4n) is 2.70. The number of aromatic nitrogens is 3. The van der Waals surface area contributed by atoms with E-state index >= 15 is 0 Å². The monoisotopic (exact) mass is 285 g/mol. The van der Waals surface area contributed by atoms with Crippen molar-refractivity contribution < 1.29 is 4.79 Å². The first-order valence-corrected chi connectivity index (χ1v) is 7.24. The lowest BCUT2D eigenvalue weighted by Gasteiger charge is -2.29. The molecular formula is C15H19N5O. The van der Waals surface area contributed by atoms with Gasteiger partial charge in [-0.25, -0.2) is 9.67 Å². The van der Waals surface area contributed by atoms with E-state index in [1.165, 1.54) is 0 Å². The molecule has 1 aromatic carbocycles. The number of anilines is 2. The molecule has 0 atom stereocenters. The van der Waals surface area contributed by atoms with Gasteiger partial charge in [-0.3, -0.25) is 4.79 Å². The topological polar surface area (TPSA) is 77.0 Å². The molecule has 0 saturated heterocycles. The fraction of sp³-hybridized carbons (Fsp3) is 0.400. The lowest BCUT2D eigenvalue weighted by Crippen LogP contribution is -2.35. The van der Waals surface area contributed by atoms with Crippen LogP contribution < -0.4 is 10.6 Å². The molecule has 1 amide bonds. The van der Waals surface area contributed by atoms with E-state index in [-0.39, 0.29) is 5.91 Å². The first-order chi connectivity index (χ1) is 10.2. The normalized spacial score (nSPS) is 14.3. The second-order valence-corrected chi connectivity index (χ2v) is 5.27. The Bertz CT molecular complexity index is 664. The van der Waals surface area contributed by atoms with Gasteiger partial charge in [0.05, 0.1) is 6.54 Å². The summed E-state index contributed by atoms with van der Waals surface area (Å²) in [4.78, 5) is 18.3. The van der Waals surface area contributed by atoms with Gasteiger partial charge in [0, 0.05) is 24.3 Å². The second kappa shape index (κ2) is 5.55. The molecule has 0 fully saturated rings. The van der Waals surface area contributed by atoms with Crippen LogP contribution in [0.25, 0.3) is 0 Å². The Balaban J connectivity index is 1.91. The number of fused-ring (bicyclic) bond motifs is 1. The van der Waals surface area contributed by atoms with Crippen molar-refractivity contribution in [2.45, 2.75) is 39.3 Å². The van der Waals surface area contributed by atoms with Crippen molar-refractivity contribution in [1.82, 2.24) is 14.8 Å². The van der Waals surface area contributed by atoms with Gasteiger partial charge in [0.1, 0.15) is 12.2 Å². The van der Waals surface area contributed by atoms with Gasteiger partial charge in [0.25, 0.3) is 0 Å². The minimum Gasteiger partial charge on any atom is -0.399 e. The van der Waals surface area contributed by atoms with Gasteiger partial charge < -0.3 is 10.6 Å². The lowest BCUT2D eigenvalue weighted by atomic mass is 10.0. The summed E-state index contributed by atoms with van der Waals surface area (Å²) in [5.74, 6) is 0.938. The maximum Gasteiger partial charge on any atom is 0.227 e. The zero-order valence-corrected chi connectivity index (χ0v) is 12.1. The predicted octanol–water partition coefficient (Wildman–Crippen LogP) is 1.75. The Morgan fingerprint density at radius 3 is 3.00 bits per heavy atom. The molecule has 1 aliphatic heterocycles. The third-order valence-corrected chi connectivity index (χ3v) is 3.73. The van der Waals surface area contributed by atoms with E-state index in [2.05, 4.69) is 17.0 Å². The van der Waals surface area contributed by atoms with Crippen molar-refractivity contribution in [2.75, 3.05) is 10.6 Å². The van der Waals surface area contributed by atoms with E-state index in [0.29, 0.717) is 13.0 Å². The fourth-order valence-corrected chi connectivity index (χ4v) is 2.70. The van der Waals surface area contributed by atoms with Gasteiger partial charge >= 0.3 is 0 Å². The summed E-state index contributed by atoms with van der Waals surface area (Å²) in [6.07, 6.45) is 3.79. The summed E-state index contributed by atoms with van der Waals surface area (Å²) < 4.78 is 1.86. The largest absolute Gasteiger partial charge is 0.399 e. The number of nitrogens with two attached hydrogens (primary N) is 1. The number of hydrogen-bond donors (Lipinski definition) is 1. The summed E-state index contributed by atoms with van der Waals surface area (Å²) in [6, 6.07) is 5.70. The molecule has 0 aliphatic carbocycles. The van der Waals surface area contributed by atoms with Crippen molar-refractivity contribution in [1.29, 1.82) is 0 Å². The Labute approximate surface area is 123 Å². The zero-order valence-electron chi connectivity index (χ0n) is 12.1. The van der Waals surface area contributed by atoms with Gasteiger partial charge in [-0.15, -0.1) is 0 Å². The smallest absolute Gasteiger partial charge is 0.227 e. The maximum absolute atomic E-state index is 12.3. The number of nitrogens with zero attached hydrogens (tertiary/aromatic N) is 4. The number of carbonyl (C=O) groups is 1. The highest BCUT2D eigenvalue weighted by Gasteiger charge is 2.25. The van der Waals surface area contributed by atoms with Gasteiger partial charge in [-0.05, 0) is 36.6 Å². The third kappa shape index (κ3) is 2.61. The summed E-state index contributed by atoms with van der Waals surface area (Å²) in [5.41, 5.74) is 8.62. The first kappa shape index (κ1) is 13.6. The van der Waals surface area contributed by atoms with E-state index in [4.69, 9.17) is 5.73 Å². The van der Waals surface area contributed by atoms with E-state index in [9.17, 15) is 4.79 Å². The molecule has 2 aromatic rings. The average Bonchev–Trinajstić information content (AvgIpc) is 2.90. The van der Waals surface area contributed by atoms with Crippen molar-refractivity contribution in [2.24, 2.45) is 0 Å². The van der Waals surface area contributed by atoms with E-state index in [1.807, 2.05) is 22.9 Å². The highest BCUT2D eigenvalue weighted by Crippen LogP contribution is 2.30. The number of hydrogen-bond acceptors (Lipinski definition) is 4. The maximum atomic E-state index is 12.3. The summed E-state index contributed by atoms with van der Waals surface area (Å²) in [7, 11) is 0. The van der Waals surface area contributed by atoms with Crippen molar-refractivity contribution in [3.05, 3.63) is 35.9 Å². The number of carbonyl (C=O) groups excluding carboxylic acids is 1. The zero-order chi connectivity index (χ0) is 14.8. The van der Waals surface area contributed by atoms with Gasteiger partial charge in [-0.1, -0.05) is 6.92 Å². The third-order valence-electron chi connectivity index (χ3n) is 3.73. The second-order valence-electron chi connectivity index (χ2n) is 5.27. The minimum absolute atomic E-state index is 0.123. The standard InChI is InChI=1S/C15H19N5O/c1-2-7-20-14(17-10-18-20)9-19-13-5-4-12(16)8-11(13)3-6-15(19)21/h4-5,8,10H,2-3,6-7,9,16H2,1H3. The highest BCUT2D eigenvalue weighted by atomic mass is 16.2. The predicted molar refractivity (Wildman–Crippen MR) is 80.7 cm³/mol. The van der Waals surface area contributed by atoms with E-state index in [1.54, 1.807) is 11.2 Å². The average molecular weight is 285 g/mol. The molecule has 1 aliphatic rings. The Morgan fingerprint density at radius 1 is 1.33 bits per heavy atom. The van der Waals surface area contributed by atoms with Crippen LogP contribution in [-0.4, -0.2) is 20.7 Å². The van der Waals surface area contributed by atoms with Crippen LogP contribution in [0.3, 0.4) is 0 Å². The summed E-state index contributed by atoms with van der Waals surface area (Å²) in [6.45, 7) is 3.36. The number of benzene rings is 1. The minimum atomic E-state index is 0.123. The van der Waals surface area contributed by atoms with Crippen LogP contribution in [0.5, 0.6) is 0 Å². The Hall–Kier alpha value is -2.37. The van der Waals surface area contributed by atoms with E-state index in [0.717, 1.165) is 42.1 Å². The number of aryl methyl sites for hydroxylation is 2. The van der Waals surface area contributed by atoms with Crippen LogP contribution in [0, 0.1) is 0 Å². The van der Waals surface area contributed by atoms with Crippen molar-refractivity contribution in [3.63, 3.8) is 0 Å². The van der Waals surface area contributed by atoms with Crippen LogP contribution in [0.2, 0.25) is 0 Å². The molecule has 0 spiro atoms. The van der Waals surface area contributed by atoms with Crippen LogP contribution in [0.1, 0.15) is 31.2 Å².